The van der Waals surface area contributed by atoms with Gasteiger partial charge in [-0.05, 0) is 135 Å². The Morgan fingerprint density at radius 3 is 1.62 bits per heavy atom. The number of thiophene rings is 4. The number of halogens is 1. The van der Waals surface area contributed by atoms with Gasteiger partial charge < -0.3 is 5.73 Å². The molecular weight excluding hydrogens is 999 g/mol. The zero-order valence-corrected chi connectivity index (χ0v) is 44.2. The lowest BCUT2D eigenvalue weighted by Crippen LogP contribution is -2.33. The van der Waals surface area contributed by atoms with E-state index in [1.807, 2.05) is 42.0 Å². The number of hydrogen-bond donors (Lipinski definition) is 1. The highest BCUT2D eigenvalue weighted by atomic mass is 79.9. The van der Waals surface area contributed by atoms with Crippen LogP contribution in [0, 0.1) is 32.2 Å². The molecule has 5 heterocycles. The Morgan fingerprint density at radius 2 is 1.12 bits per heavy atom. The summed E-state index contributed by atoms with van der Waals surface area (Å²) >= 11 is 10.5. The number of aryl methyl sites for hydroxylation is 7. The monoisotopic (exact) mass is 1050 g/mol. The van der Waals surface area contributed by atoms with Crippen LogP contribution in [0.4, 0.5) is 0 Å². The zero-order valence-electron chi connectivity index (χ0n) is 39.3. The lowest BCUT2D eigenvalue weighted by atomic mass is 9.90. The van der Waals surface area contributed by atoms with Crippen LogP contribution in [0.15, 0.2) is 111 Å². The maximum atomic E-state index is 11.8. The van der Waals surface area contributed by atoms with Gasteiger partial charge in [0.25, 0.3) is 0 Å². The van der Waals surface area contributed by atoms with E-state index in [4.69, 9.17) is 15.8 Å². The molecule has 1 spiro atoms. The highest BCUT2D eigenvalue weighted by Gasteiger charge is 2.45. The molecular formula is C56H54BrN5O3S4. The molecule has 4 aliphatic carbocycles. The number of hydroxylamine groups is 2. The average Bonchev–Trinajstić information content (AvgIpc) is 4.18. The normalized spacial score (nSPS) is 18.3. The molecule has 13 heteroatoms. The predicted octanol–water partition coefficient (Wildman–Crippen LogP) is 15.0. The van der Waals surface area contributed by atoms with E-state index in [2.05, 4.69) is 138 Å². The van der Waals surface area contributed by atoms with Crippen molar-refractivity contribution < 1.29 is 14.4 Å². The van der Waals surface area contributed by atoms with Crippen molar-refractivity contribution in [3.05, 3.63) is 159 Å². The fraction of sp³-hybridized carbons (Fsp3) is 0.304. The number of nitrogens with zero attached hydrogens (tertiary/aromatic N) is 4. The van der Waals surface area contributed by atoms with Crippen molar-refractivity contribution in [2.75, 3.05) is 7.05 Å². The Labute approximate surface area is 429 Å². The maximum absolute atomic E-state index is 11.8. The lowest BCUT2D eigenvalue weighted by molar-refractivity contribution is -0.178. The lowest BCUT2D eigenvalue weighted by Gasteiger charge is -2.29. The van der Waals surface area contributed by atoms with Gasteiger partial charge in [-0.3, -0.25) is 9.59 Å². The second-order valence-electron chi connectivity index (χ2n) is 18.1. The summed E-state index contributed by atoms with van der Waals surface area (Å²) in [7, 11) is 1.82. The Bertz CT molecular complexity index is 3170. The highest BCUT2D eigenvalue weighted by molar-refractivity contribution is 9.11. The Hall–Kier alpha value is -5.33. The summed E-state index contributed by atoms with van der Waals surface area (Å²) in [5, 5.41) is 10.4. The van der Waals surface area contributed by atoms with Crippen molar-refractivity contribution in [3.63, 3.8) is 0 Å². The van der Waals surface area contributed by atoms with E-state index in [1.54, 1.807) is 27.7 Å². The van der Waals surface area contributed by atoms with Gasteiger partial charge in [0.1, 0.15) is 0 Å². The second kappa shape index (κ2) is 21.3. The van der Waals surface area contributed by atoms with Crippen LogP contribution in [-0.2, 0) is 36.2 Å². The van der Waals surface area contributed by atoms with E-state index in [-0.39, 0.29) is 0 Å². The van der Waals surface area contributed by atoms with Crippen LogP contribution in [0.2, 0.25) is 0 Å². The van der Waals surface area contributed by atoms with Crippen LogP contribution in [0.5, 0.6) is 0 Å². The first-order chi connectivity index (χ1) is 33.4. The fourth-order valence-corrected chi connectivity index (χ4v) is 14.9. The third kappa shape index (κ3) is 11.0. The van der Waals surface area contributed by atoms with Gasteiger partial charge in [0.05, 0.1) is 9.50 Å². The number of aliphatic imine (C=N–C) groups is 2. The number of ketones is 2. The number of benzene rings is 3. The van der Waals surface area contributed by atoms with Crippen molar-refractivity contribution >= 4 is 84.5 Å². The molecule has 0 radical (unpaired) electrons. The molecule has 1 unspecified atom stereocenters. The first kappa shape index (κ1) is 48.7. The molecule has 0 bridgehead atoms. The average molecular weight is 1050 g/mol. The minimum Gasteiger partial charge on any atom is -0.368 e. The van der Waals surface area contributed by atoms with Crippen LogP contribution in [0.1, 0.15) is 119 Å². The maximum Gasteiger partial charge on any atom is 0.218 e. The predicted molar refractivity (Wildman–Crippen MR) is 290 cm³/mol. The number of nitrogens with two attached hydrogens (primary N) is 1. The molecule has 0 saturated carbocycles. The van der Waals surface area contributed by atoms with E-state index < -0.39 is 5.72 Å². The second-order valence-corrected chi connectivity index (χ2v) is 24.0. The Kier molecular flexibility index (Phi) is 15.1. The van der Waals surface area contributed by atoms with Crippen LogP contribution in [0.25, 0.3) is 31.3 Å². The number of rotatable bonds is 3. The van der Waals surface area contributed by atoms with Crippen LogP contribution >= 0.6 is 61.3 Å². The molecule has 352 valence electrons. The summed E-state index contributed by atoms with van der Waals surface area (Å²) in [5.41, 5.74) is 18.2. The minimum atomic E-state index is -0.606. The number of carbonyl (C=O) groups excluding carboxylic acids is 2. The summed E-state index contributed by atoms with van der Waals surface area (Å²) < 4.78 is 1.08. The summed E-state index contributed by atoms with van der Waals surface area (Å²) in [6.45, 7) is 6.33. The van der Waals surface area contributed by atoms with Gasteiger partial charge in [-0.25, -0.2) is 14.9 Å². The molecule has 7 aromatic rings. The van der Waals surface area contributed by atoms with Gasteiger partial charge in [0.15, 0.2) is 11.6 Å². The zero-order chi connectivity index (χ0) is 48.2. The van der Waals surface area contributed by atoms with Gasteiger partial charge in [0.2, 0.25) is 17.9 Å². The molecule has 1 atom stereocenters. The molecule has 3 aromatic carbocycles. The number of Topliss-reactive ketones (excluding diaryl/α,β-unsaturated/α-hetero) is 2. The Morgan fingerprint density at radius 1 is 0.638 bits per heavy atom. The molecule has 0 fully saturated rings. The van der Waals surface area contributed by atoms with Gasteiger partial charge in [-0.1, -0.05) is 89.5 Å². The van der Waals surface area contributed by atoms with E-state index in [1.165, 1.54) is 78.6 Å². The molecule has 69 heavy (non-hydrogen) atoms. The standard InChI is InChI=1S/C17H19N3OS.C16H14N2S.C15H14OS.C8H7BrOS/c1-11-5-3-6-12(9-11)15-10-13-14(22-15)7-4-8-17(13)19-16(18)20(2)21-17;1-11-4-2-5-12(8-11)16-9-13-14(18-10-17)6-3-7-15(13)19-16;1-10-4-2-5-11(8-10)15-9-12-13(16)6-3-7-14(12)17-15;9-8-4-5-6(10)2-1-3-7(5)11-8/h3,5-6,9-10H,4,7-8H2,1-2H3,(H2,18,19);2,4-5,8-9H,3,6-7H2,1H3;2,4-5,8-9H,3,6-7H2,1H3;4H,1-3H2. The summed E-state index contributed by atoms with van der Waals surface area (Å²) in [6, 6.07) is 34.1. The molecule has 2 N–H and O–H groups in total. The number of fused-ring (bicyclic) bond motifs is 5. The van der Waals surface area contributed by atoms with Crippen molar-refractivity contribution in [1.82, 2.24) is 5.06 Å². The molecule has 1 aliphatic heterocycles. The molecule has 12 rings (SSSR count). The number of guanidine groups is 1. The SMILES string of the molecule is Cc1cccc(-c2cc3c(s2)CCCC32N=C(N)N(C)O2)c1.Cc1cccc(-c2cc3c(s2)CCCC3=NC#N)c1.Cc1cccc(-c2cc3c(s2)CCCC3=O)c1.O=C1CCCc2sc(Br)cc21. The third-order valence-electron chi connectivity index (χ3n) is 12.9. The fourth-order valence-electron chi connectivity index (χ4n) is 9.49. The van der Waals surface area contributed by atoms with Gasteiger partial charge in [0, 0.05) is 82.7 Å². The van der Waals surface area contributed by atoms with Crippen molar-refractivity contribution in [3.8, 4) is 37.5 Å². The van der Waals surface area contributed by atoms with Gasteiger partial charge in [-0.15, -0.1) is 45.3 Å². The van der Waals surface area contributed by atoms with E-state index in [0.29, 0.717) is 17.5 Å². The molecule has 8 nitrogen and oxygen atoms in total. The van der Waals surface area contributed by atoms with E-state index in [9.17, 15) is 9.59 Å². The smallest absolute Gasteiger partial charge is 0.218 e. The van der Waals surface area contributed by atoms with Crippen LogP contribution in [-0.4, -0.2) is 35.3 Å². The molecule has 0 amide bonds. The van der Waals surface area contributed by atoms with Gasteiger partial charge >= 0.3 is 0 Å². The molecule has 0 saturated heterocycles. The summed E-state index contributed by atoms with van der Waals surface area (Å²) in [4.78, 5) is 46.8. The van der Waals surface area contributed by atoms with Crippen molar-refractivity contribution in [2.24, 2.45) is 15.7 Å². The molecule has 5 aliphatic rings. The summed E-state index contributed by atoms with van der Waals surface area (Å²) in [5.74, 6) is 1.09. The summed E-state index contributed by atoms with van der Waals surface area (Å²) in [6.07, 6.45) is 13.7. The molecule has 4 aromatic heterocycles. The third-order valence-corrected chi connectivity index (χ3v) is 18.3. The van der Waals surface area contributed by atoms with E-state index in [0.717, 1.165) is 97.7 Å². The highest BCUT2D eigenvalue weighted by Crippen LogP contribution is 2.48. The van der Waals surface area contributed by atoms with Gasteiger partial charge in [-0.2, -0.15) is 10.3 Å². The number of nitriles is 1. The quantitative estimate of drug-likeness (QED) is 0.176. The van der Waals surface area contributed by atoms with Crippen LogP contribution < -0.4 is 5.73 Å². The first-order valence-corrected chi connectivity index (χ1v) is 27.6. The number of carbonyl (C=O) groups is 2. The first-order valence-electron chi connectivity index (χ1n) is 23.5. The number of hydrogen-bond acceptors (Lipinski definition) is 12. The van der Waals surface area contributed by atoms with Crippen molar-refractivity contribution in [1.29, 1.82) is 5.26 Å². The Balaban J connectivity index is 0.000000117. The van der Waals surface area contributed by atoms with E-state index >= 15 is 0 Å². The minimum absolute atomic E-state index is 0.313. The van der Waals surface area contributed by atoms with Crippen LogP contribution in [0.3, 0.4) is 0 Å². The largest absolute Gasteiger partial charge is 0.368 e. The topological polar surface area (TPSA) is 121 Å². The van der Waals surface area contributed by atoms with Crippen molar-refractivity contribution in [2.45, 2.75) is 104 Å².